The van der Waals surface area contributed by atoms with Gasteiger partial charge in [0.05, 0.1) is 10.8 Å². The maximum Gasteiger partial charge on any atom is 0.255 e. The molecular formula is C25H18ClFN2O2S. The highest BCUT2D eigenvalue weighted by molar-refractivity contribution is 8.00. The molecular weight excluding hydrogens is 447 g/mol. The number of thioether (sulfide) groups is 1. The number of benzene rings is 4. The number of carbonyl (C=O) groups excluding carboxylic acids is 2. The first kappa shape index (κ1) is 21.9. The molecule has 2 N–H and O–H groups in total. The number of carbonyl (C=O) groups is 2. The Morgan fingerprint density at radius 1 is 0.812 bits per heavy atom. The van der Waals surface area contributed by atoms with Crippen molar-refractivity contribution in [2.45, 2.75) is 4.90 Å². The highest BCUT2D eigenvalue weighted by atomic mass is 35.5. The molecule has 4 aromatic rings. The molecule has 0 heterocycles. The minimum Gasteiger partial charge on any atom is -0.325 e. The van der Waals surface area contributed by atoms with Crippen molar-refractivity contribution >= 4 is 57.3 Å². The molecule has 0 saturated heterocycles. The largest absolute Gasteiger partial charge is 0.325 e. The molecule has 4 nitrogen and oxygen atoms in total. The van der Waals surface area contributed by atoms with Gasteiger partial charge in [0, 0.05) is 21.8 Å². The van der Waals surface area contributed by atoms with Crippen molar-refractivity contribution in [3.05, 3.63) is 101 Å². The van der Waals surface area contributed by atoms with Crippen LogP contribution in [0, 0.1) is 5.82 Å². The van der Waals surface area contributed by atoms with E-state index in [1.165, 1.54) is 30.0 Å². The molecule has 160 valence electrons. The van der Waals surface area contributed by atoms with Crippen molar-refractivity contribution in [2.75, 3.05) is 16.4 Å². The van der Waals surface area contributed by atoms with Crippen LogP contribution >= 0.6 is 23.4 Å². The molecule has 4 rings (SSSR count). The average molecular weight is 465 g/mol. The van der Waals surface area contributed by atoms with Gasteiger partial charge < -0.3 is 10.6 Å². The van der Waals surface area contributed by atoms with Crippen LogP contribution < -0.4 is 10.6 Å². The van der Waals surface area contributed by atoms with Gasteiger partial charge in [-0.1, -0.05) is 48.0 Å². The summed E-state index contributed by atoms with van der Waals surface area (Å²) in [5.41, 5.74) is 1.64. The van der Waals surface area contributed by atoms with Crippen LogP contribution in [0.15, 0.2) is 89.8 Å². The second-order valence-electron chi connectivity index (χ2n) is 7.01. The summed E-state index contributed by atoms with van der Waals surface area (Å²) in [5, 5.41) is 7.60. The van der Waals surface area contributed by atoms with E-state index in [2.05, 4.69) is 10.6 Å². The summed E-state index contributed by atoms with van der Waals surface area (Å²) < 4.78 is 13.2. The van der Waals surface area contributed by atoms with E-state index in [0.717, 1.165) is 15.7 Å². The molecule has 0 aliphatic carbocycles. The van der Waals surface area contributed by atoms with E-state index in [-0.39, 0.29) is 22.6 Å². The highest BCUT2D eigenvalue weighted by Crippen LogP contribution is 2.24. The molecule has 7 heteroatoms. The first-order valence-electron chi connectivity index (χ1n) is 9.76. The van der Waals surface area contributed by atoms with E-state index in [4.69, 9.17) is 11.6 Å². The topological polar surface area (TPSA) is 58.2 Å². The van der Waals surface area contributed by atoms with Crippen molar-refractivity contribution in [3.8, 4) is 0 Å². The third-order valence-electron chi connectivity index (χ3n) is 4.68. The Labute approximate surface area is 193 Å². The first-order chi connectivity index (χ1) is 15.5. The van der Waals surface area contributed by atoms with Crippen molar-refractivity contribution in [2.24, 2.45) is 0 Å². The fourth-order valence-electron chi connectivity index (χ4n) is 3.12. The van der Waals surface area contributed by atoms with Gasteiger partial charge in [-0.2, -0.15) is 0 Å². The maximum atomic E-state index is 13.2. The maximum absolute atomic E-state index is 13.2. The zero-order valence-corrected chi connectivity index (χ0v) is 18.3. The number of hydrogen-bond acceptors (Lipinski definition) is 3. The van der Waals surface area contributed by atoms with Gasteiger partial charge in [-0.05, 0) is 59.3 Å². The number of fused-ring (bicyclic) bond motifs is 1. The Balaban J connectivity index is 1.36. The lowest BCUT2D eigenvalue weighted by Crippen LogP contribution is -2.14. The molecule has 0 atom stereocenters. The number of hydrogen-bond donors (Lipinski definition) is 2. The fourth-order valence-corrected chi connectivity index (χ4v) is 4.05. The second kappa shape index (κ2) is 9.85. The van der Waals surface area contributed by atoms with Crippen molar-refractivity contribution in [1.82, 2.24) is 0 Å². The molecule has 0 bridgehead atoms. The molecule has 0 unspecified atom stereocenters. The Bertz CT molecular complexity index is 1310. The number of rotatable bonds is 6. The van der Waals surface area contributed by atoms with Gasteiger partial charge in [-0.3, -0.25) is 9.59 Å². The van der Waals surface area contributed by atoms with E-state index in [1.54, 1.807) is 12.1 Å². The highest BCUT2D eigenvalue weighted by Gasteiger charge is 2.09. The molecule has 0 aromatic heterocycles. The predicted octanol–water partition coefficient (Wildman–Crippen LogP) is 6.62. The number of nitrogens with one attached hydrogen (secondary N) is 2. The van der Waals surface area contributed by atoms with E-state index in [1.807, 2.05) is 54.6 Å². The summed E-state index contributed by atoms with van der Waals surface area (Å²) in [7, 11) is 0. The Morgan fingerprint density at radius 3 is 2.41 bits per heavy atom. The van der Waals surface area contributed by atoms with Crippen LogP contribution in [-0.4, -0.2) is 17.6 Å². The first-order valence-corrected chi connectivity index (χ1v) is 11.1. The number of anilines is 2. The summed E-state index contributed by atoms with van der Waals surface area (Å²) in [4.78, 5) is 25.7. The Kier molecular flexibility index (Phi) is 6.73. The standard InChI is InChI=1S/C25H18ClFN2O2S/c26-22-14-20(10-11-23(22)27)28-24(30)15-32-21-7-3-6-19(13-21)29-25(31)18-9-8-16-4-1-2-5-17(16)12-18/h1-14H,15H2,(H,28,30)(H,29,31). The summed E-state index contributed by atoms with van der Waals surface area (Å²) in [6, 6.07) is 24.7. The van der Waals surface area contributed by atoms with Crippen LogP contribution in [0.3, 0.4) is 0 Å². The molecule has 0 aliphatic heterocycles. The van der Waals surface area contributed by atoms with Gasteiger partial charge in [-0.15, -0.1) is 11.8 Å². The van der Waals surface area contributed by atoms with E-state index in [0.29, 0.717) is 16.9 Å². The minimum atomic E-state index is -0.540. The van der Waals surface area contributed by atoms with Crippen molar-refractivity contribution in [3.63, 3.8) is 0 Å². The van der Waals surface area contributed by atoms with Crippen molar-refractivity contribution in [1.29, 1.82) is 0 Å². The van der Waals surface area contributed by atoms with Crippen LogP contribution in [0.25, 0.3) is 10.8 Å². The number of amides is 2. The molecule has 32 heavy (non-hydrogen) atoms. The zero-order chi connectivity index (χ0) is 22.5. The Hall–Kier alpha value is -3.35. The smallest absolute Gasteiger partial charge is 0.255 e. The Morgan fingerprint density at radius 2 is 1.59 bits per heavy atom. The summed E-state index contributed by atoms with van der Waals surface area (Å²) in [6.45, 7) is 0. The summed E-state index contributed by atoms with van der Waals surface area (Å²) >= 11 is 7.06. The lowest BCUT2D eigenvalue weighted by atomic mass is 10.1. The van der Waals surface area contributed by atoms with Gasteiger partial charge in [0.25, 0.3) is 5.91 Å². The monoisotopic (exact) mass is 464 g/mol. The SMILES string of the molecule is O=C(CSc1cccc(NC(=O)c2ccc3ccccc3c2)c1)Nc1ccc(F)c(Cl)c1. The number of halogens is 2. The fraction of sp³-hybridized carbons (Fsp3) is 0.0400. The molecule has 4 aromatic carbocycles. The van der Waals surface area contributed by atoms with Gasteiger partial charge in [0.15, 0.2) is 0 Å². The predicted molar refractivity (Wildman–Crippen MR) is 129 cm³/mol. The van der Waals surface area contributed by atoms with Gasteiger partial charge >= 0.3 is 0 Å². The van der Waals surface area contributed by atoms with Gasteiger partial charge in [-0.25, -0.2) is 4.39 Å². The minimum absolute atomic E-state index is 0.0506. The van der Waals surface area contributed by atoms with E-state index >= 15 is 0 Å². The summed E-state index contributed by atoms with van der Waals surface area (Å²) in [5.74, 6) is -0.842. The van der Waals surface area contributed by atoms with Crippen molar-refractivity contribution < 1.29 is 14.0 Å². The zero-order valence-electron chi connectivity index (χ0n) is 16.8. The van der Waals surface area contributed by atoms with Gasteiger partial charge in [0.1, 0.15) is 5.82 Å². The third-order valence-corrected chi connectivity index (χ3v) is 5.96. The normalized spacial score (nSPS) is 10.7. The molecule has 0 fully saturated rings. The molecule has 0 saturated carbocycles. The van der Waals surface area contributed by atoms with E-state index < -0.39 is 5.82 Å². The van der Waals surface area contributed by atoms with Crippen LogP contribution in [-0.2, 0) is 4.79 Å². The van der Waals surface area contributed by atoms with Gasteiger partial charge in [0.2, 0.25) is 5.91 Å². The van der Waals surface area contributed by atoms with Crippen LogP contribution in [0.5, 0.6) is 0 Å². The molecule has 0 radical (unpaired) electrons. The molecule has 0 aliphatic rings. The third kappa shape index (κ3) is 5.46. The van der Waals surface area contributed by atoms with E-state index in [9.17, 15) is 14.0 Å². The second-order valence-corrected chi connectivity index (χ2v) is 8.47. The van der Waals surface area contributed by atoms with Crippen LogP contribution in [0.4, 0.5) is 15.8 Å². The quantitative estimate of drug-likeness (QED) is 0.315. The lowest BCUT2D eigenvalue weighted by molar-refractivity contribution is -0.113. The lowest BCUT2D eigenvalue weighted by Gasteiger charge is -2.09. The molecule has 2 amide bonds. The van der Waals surface area contributed by atoms with Crippen LogP contribution in [0.2, 0.25) is 5.02 Å². The average Bonchev–Trinajstić information content (AvgIpc) is 2.80. The van der Waals surface area contributed by atoms with Crippen LogP contribution in [0.1, 0.15) is 10.4 Å². The molecule has 0 spiro atoms. The summed E-state index contributed by atoms with van der Waals surface area (Å²) in [6.07, 6.45) is 0.